The Morgan fingerprint density at radius 3 is 2.69 bits per heavy atom. The molecular weight excluding hydrogens is 232 g/mol. The Hall–Kier alpha value is -0.610. The molecule has 0 radical (unpaired) electrons. The van der Waals surface area contributed by atoms with Crippen LogP contribution in [0.4, 0.5) is 5.82 Å². The molecule has 0 spiro atoms. The highest BCUT2D eigenvalue weighted by Gasteiger charge is 2.08. The van der Waals surface area contributed by atoms with Gasteiger partial charge in [-0.05, 0) is 35.0 Å². The van der Waals surface area contributed by atoms with Gasteiger partial charge in [0.15, 0.2) is 0 Å². The average molecular weight is 245 g/mol. The van der Waals surface area contributed by atoms with Crippen LogP contribution >= 0.6 is 15.9 Å². The first kappa shape index (κ1) is 10.5. The predicted octanol–water partition coefficient (Wildman–Crippen LogP) is 2.27. The summed E-state index contributed by atoms with van der Waals surface area (Å²) in [5.74, 6) is 0.901. The van der Waals surface area contributed by atoms with Crippen LogP contribution in [0.3, 0.4) is 0 Å². The molecule has 1 unspecified atom stereocenters. The van der Waals surface area contributed by atoms with Gasteiger partial charge in [0.1, 0.15) is 12.0 Å². The van der Waals surface area contributed by atoms with Crippen molar-refractivity contribution in [1.29, 1.82) is 0 Å². The smallest absolute Gasteiger partial charge is 0.130 e. The first-order chi connectivity index (χ1) is 6.15. The summed E-state index contributed by atoms with van der Waals surface area (Å²) in [6.07, 6.45) is 1.81. The quantitative estimate of drug-likeness (QED) is 0.764. The molecule has 0 saturated heterocycles. The second-order valence-corrected chi connectivity index (χ2v) is 3.70. The van der Waals surface area contributed by atoms with Gasteiger partial charge in [0.2, 0.25) is 0 Å². The number of methoxy groups -OCH3 is 1. The normalized spacial score (nSPS) is 12.6. The maximum absolute atomic E-state index is 5.17. The molecule has 0 aliphatic carbocycles. The van der Waals surface area contributed by atoms with Gasteiger partial charge in [-0.1, -0.05) is 0 Å². The molecular formula is C9H13BrN2O. The van der Waals surface area contributed by atoms with E-state index in [4.69, 9.17) is 4.74 Å². The number of anilines is 1. The minimum Gasteiger partial charge on any atom is -0.362 e. The van der Waals surface area contributed by atoms with Crippen molar-refractivity contribution in [1.82, 2.24) is 4.98 Å². The Kier molecular flexibility index (Phi) is 3.69. The fraction of sp³-hybridized carbons (Fsp3) is 0.444. The van der Waals surface area contributed by atoms with E-state index < -0.39 is 0 Å². The number of rotatable bonds is 3. The molecule has 1 aromatic heterocycles. The number of halogens is 1. The summed E-state index contributed by atoms with van der Waals surface area (Å²) in [7, 11) is 3.63. The van der Waals surface area contributed by atoms with Gasteiger partial charge < -0.3 is 9.64 Å². The molecule has 0 amide bonds. The standard InChI is InChI=1S/C9H13BrN2O/c1-7(13-3)12(2)9-5-4-8(10)6-11-9/h4-7H,1-3H3. The molecule has 0 fully saturated rings. The lowest BCUT2D eigenvalue weighted by atomic mass is 10.4. The summed E-state index contributed by atoms with van der Waals surface area (Å²) in [5.41, 5.74) is 0. The summed E-state index contributed by atoms with van der Waals surface area (Å²) in [6.45, 7) is 1.98. The van der Waals surface area contributed by atoms with E-state index in [1.54, 1.807) is 13.3 Å². The van der Waals surface area contributed by atoms with Gasteiger partial charge in [0.25, 0.3) is 0 Å². The number of hydrogen-bond acceptors (Lipinski definition) is 3. The van der Waals surface area contributed by atoms with E-state index in [0.717, 1.165) is 10.3 Å². The van der Waals surface area contributed by atoms with E-state index in [0.29, 0.717) is 0 Å². The number of pyridine rings is 1. The Morgan fingerprint density at radius 1 is 1.54 bits per heavy atom. The molecule has 13 heavy (non-hydrogen) atoms. The number of aromatic nitrogens is 1. The lowest BCUT2D eigenvalue weighted by Gasteiger charge is -2.24. The lowest BCUT2D eigenvalue weighted by molar-refractivity contribution is 0.118. The molecule has 0 saturated carbocycles. The minimum atomic E-state index is 0.0358. The fourth-order valence-corrected chi connectivity index (χ4v) is 1.16. The Balaban J connectivity index is 2.77. The molecule has 72 valence electrons. The van der Waals surface area contributed by atoms with E-state index in [1.807, 2.05) is 31.0 Å². The Bertz CT molecular complexity index is 263. The monoisotopic (exact) mass is 244 g/mol. The summed E-state index contributed by atoms with van der Waals surface area (Å²) in [6, 6.07) is 3.90. The molecule has 0 N–H and O–H groups in total. The highest BCUT2D eigenvalue weighted by atomic mass is 79.9. The summed E-state index contributed by atoms with van der Waals surface area (Å²) >= 11 is 3.34. The Morgan fingerprint density at radius 2 is 2.23 bits per heavy atom. The van der Waals surface area contributed by atoms with Gasteiger partial charge in [0, 0.05) is 24.8 Å². The molecule has 0 aliphatic rings. The van der Waals surface area contributed by atoms with E-state index in [1.165, 1.54) is 0 Å². The van der Waals surface area contributed by atoms with Gasteiger partial charge in [-0.25, -0.2) is 4.98 Å². The van der Waals surface area contributed by atoms with Gasteiger partial charge in [-0.3, -0.25) is 0 Å². The third-order valence-corrected chi connectivity index (χ3v) is 2.43. The second-order valence-electron chi connectivity index (χ2n) is 2.78. The third-order valence-electron chi connectivity index (χ3n) is 1.96. The van der Waals surface area contributed by atoms with E-state index in [9.17, 15) is 0 Å². The molecule has 3 nitrogen and oxygen atoms in total. The molecule has 0 aromatic carbocycles. The van der Waals surface area contributed by atoms with Crippen molar-refractivity contribution in [2.24, 2.45) is 0 Å². The van der Waals surface area contributed by atoms with Crippen LogP contribution in [0.15, 0.2) is 22.8 Å². The minimum absolute atomic E-state index is 0.0358. The van der Waals surface area contributed by atoms with Gasteiger partial charge in [0.05, 0.1) is 0 Å². The van der Waals surface area contributed by atoms with E-state index in [-0.39, 0.29) is 6.23 Å². The van der Waals surface area contributed by atoms with Crippen molar-refractivity contribution in [2.75, 3.05) is 19.1 Å². The van der Waals surface area contributed by atoms with Crippen molar-refractivity contribution >= 4 is 21.7 Å². The SMILES string of the molecule is COC(C)N(C)c1ccc(Br)cn1. The molecule has 1 heterocycles. The predicted molar refractivity (Wildman–Crippen MR) is 56.8 cm³/mol. The van der Waals surface area contributed by atoms with E-state index in [2.05, 4.69) is 20.9 Å². The van der Waals surface area contributed by atoms with Crippen LogP contribution in [0, 0.1) is 0 Å². The van der Waals surface area contributed by atoms with Crippen molar-refractivity contribution in [3.8, 4) is 0 Å². The van der Waals surface area contributed by atoms with Crippen LogP contribution in [0.1, 0.15) is 6.92 Å². The first-order valence-electron chi connectivity index (χ1n) is 4.02. The number of hydrogen-bond donors (Lipinski definition) is 0. The lowest BCUT2D eigenvalue weighted by Crippen LogP contribution is -2.30. The van der Waals surface area contributed by atoms with E-state index >= 15 is 0 Å². The van der Waals surface area contributed by atoms with Crippen LogP contribution in [-0.2, 0) is 4.74 Å². The maximum atomic E-state index is 5.17. The molecule has 0 bridgehead atoms. The largest absolute Gasteiger partial charge is 0.362 e. The van der Waals surface area contributed by atoms with Crippen molar-refractivity contribution in [3.63, 3.8) is 0 Å². The summed E-state index contributed by atoms with van der Waals surface area (Å²) < 4.78 is 6.15. The number of nitrogens with zero attached hydrogens (tertiary/aromatic N) is 2. The van der Waals surface area contributed by atoms with Crippen LogP contribution in [-0.4, -0.2) is 25.4 Å². The summed E-state index contributed by atoms with van der Waals surface area (Å²) in [5, 5.41) is 0. The molecule has 1 rings (SSSR count). The molecule has 1 atom stereocenters. The molecule has 1 aromatic rings. The highest BCUT2D eigenvalue weighted by molar-refractivity contribution is 9.10. The maximum Gasteiger partial charge on any atom is 0.130 e. The van der Waals surface area contributed by atoms with Crippen LogP contribution in [0.25, 0.3) is 0 Å². The topological polar surface area (TPSA) is 25.4 Å². The van der Waals surface area contributed by atoms with Gasteiger partial charge in [-0.15, -0.1) is 0 Å². The third kappa shape index (κ3) is 2.67. The molecule has 0 aliphatic heterocycles. The van der Waals surface area contributed by atoms with Crippen molar-refractivity contribution in [2.45, 2.75) is 13.2 Å². The zero-order valence-corrected chi connectivity index (χ0v) is 9.58. The zero-order valence-electron chi connectivity index (χ0n) is 7.99. The zero-order chi connectivity index (χ0) is 9.84. The Labute approximate surface area is 86.9 Å². The summed E-state index contributed by atoms with van der Waals surface area (Å²) in [4.78, 5) is 6.21. The van der Waals surface area contributed by atoms with Crippen molar-refractivity contribution < 1.29 is 4.74 Å². The molecule has 4 heteroatoms. The van der Waals surface area contributed by atoms with Crippen molar-refractivity contribution in [3.05, 3.63) is 22.8 Å². The highest BCUT2D eigenvalue weighted by Crippen LogP contribution is 2.15. The number of ether oxygens (including phenoxy) is 1. The van der Waals surface area contributed by atoms with Gasteiger partial charge >= 0.3 is 0 Å². The average Bonchev–Trinajstić information content (AvgIpc) is 2.17. The van der Waals surface area contributed by atoms with Crippen LogP contribution in [0.5, 0.6) is 0 Å². The first-order valence-corrected chi connectivity index (χ1v) is 4.81. The van der Waals surface area contributed by atoms with Crippen LogP contribution < -0.4 is 4.90 Å². The second kappa shape index (κ2) is 4.58. The van der Waals surface area contributed by atoms with Crippen LogP contribution in [0.2, 0.25) is 0 Å². The van der Waals surface area contributed by atoms with Gasteiger partial charge in [-0.2, -0.15) is 0 Å². The fourth-order valence-electron chi connectivity index (χ4n) is 0.921.